The summed E-state index contributed by atoms with van der Waals surface area (Å²) in [6, 6.07) is 8.21. The molecule has 0 radical (unpaired) electrons. The first-order valence-electron chi connectivity index (χ1n) is 9.06. The molecule has 1 N–H and O–H groups in total. The summed E-state index contributed by atoms with van der Waals surface area (Å²) in [5.41, 5.74) is 4.67. The Morgan fingerprint density at radius 2 is 2.16 bits per heavy atom. The van der Waals surface area contributed by atoms with E-state index in [0.29, 0.717) is 5.92 Å². The highest BCUT2D eigenvalue weighted by molar-refractivity contribution is 5.87. The van der Waals surface area contributed by atoms with Crippen LogP contribution in [0.15, 0.2) is 35.9 Å². The van der Waals surface area contributed by atoms with Crippen LogP contribution in [-0.2, 0) is 9.53 Å². The molecule has 3 rings (SSSR count). The quantitative estimate of drug-likeness (QED) is 0.660. The standard InChI is InChI=1S/C21H28N2O2/c1-5-15-10-16(13-23(3)12-15)11-18(21(24)25-4)20-14(2)17-8-6-7-9-19(17)22-20/h6-10,16,18,22H,5,11-13H2,1-4H3. The second-order valence-electron chi connectivity index (χ2n) is 7.16. The molecule has 0 saturated heterocycles. The zero-order valence-electron chi connectivity index (χ0n) is 15.6. The highest BCUT2D eigenvalue weighted by Gasteiger charge is 2.30. The van der Waals surface area contributed by atoms with Crippen LogP contribution in [0.25, 0.3) is 10.9 Å². The summed E-state index contributed by atoms with van der Waals surface area (Å²) in [6.07, 6.45) is 4.21. The summed E-state index contributed by atoms with van der Waals surface area (Å²) in [5.74, 6) is -0.0544. The molecule has 1 aromatic carbocycles. The number of aryl methyl sites for hydroxylation is 1. The molecular weight excluding hydrogens is 312 g/mol. The number of likely N-dealkylation sites (N-methyl/N-ethyl adjacent to an activating group) is 1. The van der Waals surface area contributed by atoms with E-state index in [4.69, 9.17) is 4.74 Å². The van der Waals surface area contributed by atoms with Gasteiger partial charge in [0.1, 0.15) is 0 Å². The molecule has 1 aliphatic rings. The van der Waals surface area contributed by atoms with Gasteiger partial charge in [-0.2, -0.15) is 0 Å². The van der Waals surface area contributed by atoms with Gasteiger partial charge in [-0.05, 0) is 44.4 Å². The number of H-pyrrole nitrogens is 1. The molecule has 1 aliphatic heterocycles. The fraction of sp³-hybridized carbons (Fsp3) is 0.476. The smallest absolute Gasteiger partial charge is 0.314 e. The fourth-order valence-electron chi connectivity index (χ4n) is 4.05. The van der Waals surface area contributed by atoms with Crippen LogP contribution in [0.5, 0.6) is 0 Å². The molecule has 0 spiro atoms. The van der Waals surface area contributed by atoms with Crippen molar-refractivity contribution in [3.8, 4) is 0 Å². The van der Waals surface area contributed by atoms with E-state index >= 15 is 0 Å². The van der Waals surface area contributed by atoms with Crippen LogP contribution in [0.4, 0.5) is 0 Å². The number of esters is 1. The molecule has 0 fully saturated rings. The van der Waals surface area contributed by atoms with Gasteiger partial charge < -0.3 is 14.6 Å². The van der Waals surface area contributed by atoms with Crippen LogP contribution in [-0.4, -0.2) is 43.1 Å². The van der Waals surface area contributed by atoms with E-state index in [1.165, 1.54) is 18.1 Å². The van der Waals surface area contributed by atoms with Crippen molar-refractivity contribution in [2.45, 2.75) is 32.6 Å². The number of methoxy groups -OCH3 is 1. The predicted molar refractivity (Wildman–Crippen MR) is 102 cm³/mol. The number of fused-ring (bicyclic) bond motifs is 1. The number of aromatic amines is 1. The van der Waals surface area contributed by atoms with Crippen molar-refractivity contribution in [3.63, 3.8) is 0 Å². The number of nitrogens with zero attached hydrogens (tertiary/aromatic N) is 1. The van der Waals surface area contributed by atoms with Crippen LogP contribution in [0, 0.1) is 12.8 Å². The topological polar surface area (TPSA) is 45.3 Å². The minimum absolute atomic E-state index is 0.158. The minimum atomic E-state index is -0.261. The van der Waals surface area contributed by atoms with E-state index in [-0.39, 0.29) is 11.9 Å². The fourth-order valence-corrected chi connectivity index (χ4v) is 4.05. The van der Waals surface area contributed by atoms with E-state index in [0.717, 1.165) is 42.7 Å². The summed E-state index contributed by atoms with van der Waals surface area (Å²) >= 11 is 0. The maximum atomic E-state index is 12.6. The molecule has 2 heterocycles. The van der Waals surface area contributed by atoms with Crippen LogP contribution in [0.2, 0.25) is 0 Å². The first-order valence-corrected chi connectivity index (χ1v) is 9.06. The molecule has 0 amide bonds. The second kappa shape index (κ2) is 7.44. The third kappa shape index (κ3) is 3.64. The highest BCUT2D eigenvalue weighted by atomic mass is 16.5. The number of rotatable bonds is 5. The summed E-state index contributed by atoms with van der Waals surface area (Å²) in [7, 11) is 3.63. The zero-order chi connectivity index (χ0) is 18.0. The molecule has 0 aliphatic carbocycles. The molecule has 4 heteroatoms. The largest absolute Gasteiger partial charge is 0.469 e. The van der Waals surface area contributed by atoms with Gasteiger partial charge in [-0.15, -0.1) is 0 Å². The average molecular weight is 340 g/mol. The van der Waals surface area contributed by atoms with Gasteiger partial charge in [0.05, 0.1) is 13.0 Å². The summed E-state index contributed by atoms with van der Waals surface area (Å²) in [5, 5.41) is 1.18. The molecule has 2 atom stereocenters. The normalized spacial score (nSPS) is 19.7. The Hall–Kier alpha value is -2.07. The van der Waals surface area contributed by atoms with Crippen molar-refractivity contribution >= 4 is 16.9 Å². The molecule has 4 nitrogen and oxygen atoms in total. The van der Waals surface area contributed by atoms with Crippen molar-refractivity contribution in [2.24, 2.45) is 5.92 Å². The van der Waals surface area contributed by atoms with Gasteiger partial charge in [-0.3, -0.25) is 4.79 Å². The number of para-hydroxylation sites is 1. The SMILES string of the molecule is CCC1=CC(CC(C(=O)OC)c2[nH]c3ccccc3c2C)CN(C)C1. The number of nitrogens with one attached hydrogen (secondary N) is 1. The van der Waals surface area contributed by atoms with Crippen molar-refractivity contribution in [1.29, 1.82) is 0 Å². The number of hydrogen-bond donors (Lipinski definition) is 1. The van der Waals surface area contributed by atoms with Crippen molar-refractivity contribution < 1.29 is 9.53 Å². The van der Waals surface area contributed by atoms with Gasteiger partial charge in [0, 0.05) is 29.7 Å². The van der Waals surface area contributed by atoms with Crippen molar-refractivity contribution in [1.82, 2.24) is 9.88 Å². The Balaban J connectivity index is 1.94. The molecule has 2 aromatic rings. The van der Waals surface area contributed by atoms with Gasteiger partial charge in [0.2, 0.25) is 0 Å². The summed E-state index contributed by atoms with van der Waals surface area (Å²) < 4.78 is 5.15. The number of benzene rings is 1. The Bertz CT molecular complexity index is 790. The van der Waals surface area contributed by atoms with Crippen molar-refractivity contribution in [3.05, 3.63) is 47.2 Å². The van der Waals surface area contributed by atoms with Gasteiger partial charge in [-0.1, -0.05) is 36.8 Å². The van der Waals surface area contributed by atoms with Crippen LogP contribution < -0.4 is 0 Å². The van der Waals surface area contributed by atoms with Gasteiger partial charge >= 0.3 is 5.97 Å². The van der Waals surface area contributed by atoms with Gasteiger partial charge in [0.15, 0.2) is 0 Å². The Morgan fingerprint density at radius 1 is 1.40 bits per heavy atom. The number of aromatic nitrogens is 1. The van der Waals surface area contributed by atoms with Crippen LogP contribution >= 0.6 is 0 Å². The van der Waals surface area contributed by atoms with E-state index < -0.39 is 0 Å². The van der Waals surface area contributed by atoms with Crippen molar-refractivity contribution in [2.75, 3.05) is 27.2 Å². The maximum absolute atomic E-state index is 12.6. The lowest BCUT2D eigenvalue weighted by molar-refractivity contribution is -0.143. The Morgan fingerprint density at radius 3 is 2.84 bits per heavy atom. The molecular formula is C21H28N2O2. The number of ether oxygens (including phenoxy) is 1. The highest BCUT2D eigenvalue weighted by Crippen LogP contribution is 2.33. The Kier molecular flexibility index (Phi) is 5.28. The van der Waals surface area contributed by atoms with E-state index in [1.54, 1.807) is 0 Å². The lowest BCUT2D eigenvalue weighted by atomic mass is 9.86. The molecule has 2 unspecified atom stereocenters. The lowest BCUT2D eigenvalue weighted by Crippen LogP contribution is -2.33. The molecule has 25 heavy (non-hydrogen) atoms. The van der Waals surface area contributed by atoms with E-state index in [1.807, 2.05) is 12.1 Å². The minimum Gasteiger partial charge on any atom is -0.469 e. The molecule has 0 saturated carbocycles. The number of carbonyl (C=O) groups is 1. The molecule has 0 bridgehead atoms. The number of carbonyl (C=O) groups excluding carboxylic acids is 1. The third-order valence-electron chi connectivity index (χ3n) is 5.32. The van der Waals surface area contributed by atoms with Crippen LogP contribution in [0.1, 0.15) is 36.9 Å². The summed E-state index contributed by atoms with van der Waals surface area (Å²) in [6.45, 7) is 6.30. The second-order valence-corrected chi connectivity index (χ2v) is 7.16. The zero-order valence-corrected chi connectivity index (χ0v) is 15.6. The van der Waals surface area contributed by atoms with Gasteiger partial charge in [0.25, 0.3) is 0 Å². The van der Waals surface area contributed by atoms with Crippen LogP contribution in [0.3, 0.4) is 0 Å². The molecule has 1 aromatic heterocycles. The van der Waals surface area contributed by atoms with E-state index in [9.17, 15) is 4.79 Å². The first-order chi connectivity index (χ1) is 12.0. The third-order valence-corrected chi connectivity index (χ3v) is 5.32. The first kappa shape index (κ1) is 17.7. The summed E-state index contributed by atoms with van der Waals surface area (Å²) in [4.78, 5) is 18.4. The Labute approximate surface area is 149 Å². The maximum Gasteiger partial charge on any atom is 0.314 e. The van der Waals surface area contributed by atoms with Gasteiger partial charge in [-0.25, -0.2) is 0 Å². The molecule has 134 valence electrons. The monoisotopic (exact) mass is 340 g/mol. The predicted octanol–water partition coefficient (Wildman–Crippen LogP) is 4.02. The average Bonchev–Trinajstić information content (AvgIpc) is 2.95. The lowest BCUT2D eigenvalue weighted by Gasteiger charge is -2.30. The van der Waals surface area contributed by atoms with E-state index in [2.05, 4.69) is 49.0 Å². The number of hydrogen-bond acceptors (Lipinski definition) is 3.